The molecule has 0 radical (unpaired) electrons. The highest BCUT2D eigenvalue weighted by Crippen LogP contribution is 2.32. The molecule has 0 saturated carbocycles. The van der Waals surface area contributed by atoms with E-state index < -0.39 is 8.07 Å². The van der Waals surface area contributed by atoms with Gasteiger partial charge in [0, 0.05) is 38.8 Å². The van der Waals surface area contributed by atoms with Gasteiger partial charge in [0.15, 0.2) is 5.65 Å². The van der Waals surface area contributed by atoms with E-state index in [9.17, 15) is 0 Å². The Kier molecular flexibility index (Phi) is 6.12. The molecule has 0 saturated heterocycles. The topological polar surface area (TPSA) is 79.4 Å². The van der Waals surface area contributed by atoms with Crippen molar-refractivity contribution in [2.45, 2.75) is 46.3 Å². The first-order valence-corrected chi connectivity index (χ1v) is 15.5. The molecule has 0 fully saturated rings. The van der Waals surface area contributed by atoms with Gasteiger partial charge in [-0.3, -0.25) is 9.38 Å². The first-order chi connectivity index (χ1) is 16.8. The molecule has 8 nitrogen and oxygen atoms in total. The summed E-state index contributed by atoms with van der Waals surface area (Å²) < 4.78 is 16.2. The molecule has 180 valence electrons. The fourth-order valence-corrected chi connectivity index (χ4v) is 4.85. The van der Waals surface area contributed by atoms with Gasteiger partial charge in [-0.1, -0.05) is 19.6 Å². The van der Waals surface area contributed by atoms with Crippen LogP contribution < -0.4 is 4.74 Å². The van der Waals surface area contributed by atoms with Gasteiger partial charge in [-0.25, -0.2) is 15.0 Å². The maximum Gasteiger partial charge on any atom is 0.245 e. The van der Waals surface area contributed by atoms with Crippen LogP contribution in [0.15, 0.2) is 55.4 Å². The van der Waals surface area contributed by atoms with Crippen molar-refractivity contribution >= 4 is 24.8 Å². The van der Waals surface area contributed by atoms with Gasteiger partial charge in [0.2, 0.25) is 5.88 Å². The third-order valence-corrected chi connectivity index (χ3v) is 7.72. The van der Waals surface area contributed by atoms with Crippen molar-refractivity contribution in [3.8, 4) is 22.9 Å². The van der Waals surface area contributed by atoms with Gasteiger partial charge in [-0.15, -0.1) is 0 Å². The van der Waals surface area contributed by atoms with Gasteiger partial charge in [-0.05, 0) is 49.7 Å². The Morgan fingerprint density at radius 1 is 0.971 bits per heavy atom. The first kappa shape index (κ1) is 23.2. The zero-order valence-electron chi connectivity index (χ0n) is 20.8. The number of nitrogens with zero attached hydrogens (tertiary/aromatic N) is 6. The van der Waals surface area contributed by atoms with Gasteiger partial charge in [0.1, 0.15) is 18.0 Å². The van der Waals surface area contributed by atoms with E-state index in [1.54, 1.807) is 24.9 Å². The van der Waals surface area contributed by atoms with Crippen LogP contribution >= 0.6 is 0 Å². The number of rotatable bonds is 8. The Bertz CT molecular complexity index is 1500. The van der Waals surface area contributed by atoms with Crippen LogP contribution in [-0.2, 0) is 11.5 Å². The Morgan fingerprint density at radius 2 is 1.83 bits per heavy atom. The molecular weight excluding hydrogens is 456 g/mol. The molecule has 1 aromatic carbocycles. The molecule has 0 N–H and O–H groups in total. The summed E-state index contributed by atoms with van der Waals surface area (Å²) in [6, 6.07) is 9.05. The minimum absolute atomic E-state index is 0.419. The predicted octanol–water partition coefficient (Wildman–Crippen LogP) is 5.86. The van der Waals surface area contributed by atoms with Crippen molar-refractivity contribution in [2.75, 3.05) is 6.61 Å². The average molecular weight is 487 g/mol. The van der Waals surface area contributed by atoms with Gasteiger partial charge < -0.3 is 14.0 Å². The minimum Gasteiger partial charge on any atom is -0.437 e. The third-order valence-electron chi connectivity index (χ3n) is 6.01. The maximum atomic E-state index is 6.27. The van der Waals surface area contributed by atoms with Crippen molar-refractivity contribution in [1.29, 1.82) is 0 Å². The Balaban J connectivity index is 1.41. The number of aromatic nitrogens is 6. The van der Waals surface area contributed by atoms with Crippen LogP contribution in [0.4, 0.5) is 0 Å². The zero-order valence-corrected chi connectivity index (χ0v) is 21.8. The van der Waals surface area contributed by atoms with Crippen molar-refractivity contribution < 1.29 is 9.47 Å². The van der Waals surface area contributed by atoms with E-state index in [0.717, 1.165) is 51.8 Å². The van der Waals surface area contributed by atoms with Gasteiger partial charge >= 0.3 is 0 Å². The Morgan fingerprint density at radius 3 is 2.63 bits per heavy atom. The smallest absolute Gasteiger partial charge is 0.245 e. The second-order valence-electron chi connectivity index (χ2n) is 9.97. The SMILES string of the molecule is Cc1cc(Oc2nccc3ncn(COCC[Si](C)(C)C)c23)ccc1-c1c(C)ncc2nccn12. The highest BCUT2D eigenvalue weighted by molar-refractivity contribution is 6.76. The minimum atomic E-state index is -1.14. The number of aryl methyl sites for hydroxylation is 2. The van der Waals surface area contributed by atoms with Gasteiger partial charge in [0.05, 0.1) is 29.4 Å². The molecule has 0 unspecified atom stereocenters. The van der Waals surface area contributed by atoms with Crippen molar-refractivity contribution in [2.24, 2.45) is 0 Å². The first-order valence-electron chi connectivity index (χ1n) is 11.8. The second kappa shape index (κ2) is 9.24. The lowest BCUT2D eigenvalue weighted by Crippen LogP contribution is -2.22. The van der Waals surface area contributed by atoms with Crippen LogP contribution in [0.2, 0.25) is 25.7 Å². The highest BCUT2D eigenvalue weighted by atomic mass is 28.3. The standard InChI is InChI=1S/C26H30N6O2Si/c1-18-14-20(6-7-21(18)24-19(2)29-15-23-27-10-11-32(23)24)34-26-25-22(8-9-28-26)30-16-31(25)17-33-12-13-35(3,4)5/h6-11,14-16H,12-13,17H2,1-5H3. The van der Waals surface area contributed by atoms with E-state index in [1.807, 2.05) is 35.9 Å². The normalized spacial score (nSPS) is 12.0. The summed E-state index contributed by atoms with van der Waals surface area (Å²) in [5.74, 6) is 1.22. The molecule has 0 amide bonds. The summed E-state index contributed by atoms with van der Waals surface area (Å²) in [6.07, 6.45) is 9.04. The fraction of sp³-hybridized carbons (Fsp3) is 0.308. The maximum absolute atomic E-state index is 6.27. The Hall–Kier alpha value is -3.56. The zero-order chi connectivity index (χ0) is 24.6. The van der Waals surface area contributed by atoms with E-state index in [-0.39, 0.29) is 0 Å². The van der Waals surface area contributed by atoms with Crippen molar-refractivity contribution in [1.82, 2.24) is 28.9 Å². The molecule has 9 heteroatoms. The molecule has 0 spiro atoms. The summed E-state index contributed by atoms with van der Waals surface area (Å²) >= 11 is 0. The van der Waals surface area contributed by atoms with E-state index in [1.165, 1.54) is 0 Å². The molecule has 35 heavy (non-hydrogen) atoms. The number of imidazole rings is 2. The summed E-state index contributed by atoms with van der Waals surface area (Å²) in [7, 11) is -1.14. The number of fused-ring (bicyclic) bond motifs is 2. The lowest BCUT2D eigenvalue weighted by atomic mass is 10.0. The van der Waals surface area contributed by atoms with Crippen LogP contribution in [0.25, 0.3) is 27.9 Å². The summed E-state index contributed by atoms with van der Waals surface area (Å²) in [4.78, 5) is 17.9. The van der Waals surface area contributed by atoms with Gasteiger partial charge in [0.25, 0.3) is 0 Å². The van der Waals surface area contributed by atoms with E-state index >= 15 is 0 Å². The van der Waals surface area contributed by atoms with E-state index in [0.29, 0.717) is 18.4 Å². The van der Waals surface area contributed by atoms with Crippen LogP contribution in [0.5, 0.6) is 11.6 Å². The molecule has 4 heterocycles. The monoisotopic (exact) mass is 486 g/mol. The molecule has 0 bridgehead atoms. The Labute approximate surface area is 205 Å². The van der Waals surface area contributed by atoms with Crippen LogP contribution in [0, 0.1) is 13.8 Å². The fourth-order valence-electron chi connectivity index (χ4n) is 4.09. The molecule has 5 rings (SSSR count). The molecule has 0 aliphatic carbocycles. The van der Waals surface area contributed by atoms with Crippen LogP contribution in [0.3, 0.4) is 0 Å². The summed E-state index contributed by atoms with van der Waals surface area (Å²) in [6.45, 7) is 12.3. The van der Waals surface area contributed by atoms with Crippen LogP contribution in [0.1, 0.15) is 11.3 Å². The number of ether oxygens (including phenoxy) is 2. The lowest BCUT2D eigenvalue weighted by Gasteiger charge is -2.16. The summed E-state index contributed by atoms with van der Waals surface area (Å²) in [5.41, 5.74) is 6.59. The molecule has 0 aliphatic heterocycles. The molecule has 0 atom stereocenters. The average Bonchev–Trinajstić information content (AvgIpc) is 3.44. The molecule has 4 aromatic heterocycles. The largest absolute Gasteiger partial charge is 0.437 e. The quantitative estimate of drug-likeness (QED) is 0.202. The van der Waals surface area contributed by atoms with Gasteiger partial charge in [-0.2, -0.15) is 0 Å². The second-order valence-corrected chi connectivity index (χ2v) is 15.6. The van der Waals surface area contributed by atoms with Crippen molar-refractivity contribution in [3.05, 3.63) is 66.6 Å². The van der Waals surface area contributed by atoms with Crippen LogP contribution in [-0.4, -0.2) is 43.6 Å². The summed E-state index contributed by atoms with van der Waals surface area (Å²) in [5, 5.41) is 0. The molecule has 0 aliphatic rings. The molecular formula is C26H30N6O2Si. The number of hydrogen-bond donors (Lipinski definition) is 0. The lowest BCUT2D eigenvalue weighted by molar-refractivity contribution is 0.0896. The highest BCUT2D eigenvalue weighted by Gasteiger charge is 2.16. The third kappa shape index (κ3) is 4.82. The molecule has 5 aromatic rings. The predicted molar refractivity (Wildman–Crippen MR) is 140 cm³/mol. The number of pyridine rings is 1. The van der Waals surface area contributed by atoms with E-state index in [2.05, 4.69) is 57.0 Å². The van der Waals surface area contributed by atoms with Crippen molar-refractivity contribution in [3.63, 3.8) is 0 Å². The number of hydrogen-bond acceptors (Lipinski definition) is 6. The van der Waals surface area contributed by atoms with E-state index in [4.69, 9.17) is 9.47 Å². The number of benzene rings is 1.